The molecule has 2 amide bonds. The Morgan fingerprint density at radius 1 is 1.12 bits per heavy atom. The minimum atomic E-state index is -0.592. The van der Waals surface area contributed by atoms with Crippen LogP contribution in [0.25, 0.3) is 11.0 Å². The Hall–Kier alpha value is -3.65. The third-order valence-corrected chi connectivity index (χ3v) is 5.34. The molecule has 4 rings (SSSR count). The van der Waals surface area contributed by atoms with E-state index in [0.717, 1.165) is 5.56 Å². The highest BCUT2D eigenvalue weighted by atomic mass is 16.5. The van der Waals surface area contributed by atoms with Crippen LogP contribution in [-0.2, 0) is 9.53 Å². The topological polar surface area (TPSA) is 112 Å². The molecule has 2 heterocycles. The molecule has 8 heteroatoms. The molecule has 1 aliphatic heterocycles. The number of para-hydroxylation sites is 1. The van der Waals surface area contributed by atoms with Crippen molar-refractivity contribution in [3.8, 4) is 5.75 Å². The van der Waals surface area contributed by atoms with Crippen molar-refractivity contribution < 1.29 is 23.5 Å². The third kappa shape index (κ3) is 4.09. The van der Waals surface area contributed by atoms with Gasteiger partial charge in [-0.2, -0.15) is 0 Å². The second kappa shape index (κ2) is 9.23. The third-order valence-electron chi connectivity index (χ3n) is 5.34. The fourth-order valence-corrected chi connectivity index (χ4v) is 3.93. The number of amides is 2. The van der Waals surface area contributed by atoms with Gasteiger partial charge in [0.15, 0.2) is 12.0 Å². The standard InChI is InChI=1S/C24H24N2O6/c1-2-30-13-5-12-26-21(15-8-10-16(11-9-15)31-14-19(25)27)20-22(28)17-6-3-4-7-18(17)32-23(20)24(26)29/h3-4,6-11,21H,2,5,12-14H2,1H3,(H2,25,27). The first-order chi connectivity index (χ1) is 15.5. The minimum Gasteiger partial charge on any atom is -0.484 e. The maximum atomic E-state index is 13.4. The number of rotatable bonds is 9. The molecule has 3 aromatic rings. The molecule has 0 saturated carbocycles. The molecule has 1 aromatic heterocycles. The summed E-state index contributed by atoms with van der Waals surface area (Å²) >= 11 is 0. The van der Waals surface area contributed by atoms with Gasteiger partial charge in [0.1, 0.15) is 11.3 Å². The SMILES string of the molecule is CCOCCCN1C(=O)c2oc3ccccc3c(=O)c2C1c1ccc(OCC(N)=O)cc1. The van der Waals surface area contributed by atoms with Crippen molar-refractivity contribution in [3.05, 3.63) is 75.6 Å². The van der Waals surface area contributed by atoms with Gasteiger partial charge in [-0.15, -0.1) is 0 Å². The molecule has 8 nitrogen and oxygen atoms in total. The van der Waals surface area contributed by atoms with Crippen molar-refractivity contribution in [1.29, 1.82) is 0 Å². The van der Waals surface area contributed by atoms with Crippen molar-refractivity contribution in [3.63, 3.8) is 0 Å². The second-order valence-corrected chi connectivity index (χ2v) is 7.45. The summed E-state index contributed by atoms with van der Waals surface area (Å²) in [4.78, 5) is 39.2. The Morgan fingerprint density at radius 3 is 2.59 bits per heavy atom. The number of nitrogens with zero attached hydrogens (tertiary/aromatic N) is 1. The van der Waals surface area contributed by atoms with Gasteiger partial charge in [0.05, 0.1) is 17.0 Å². The van der Waals surface area contributed by atoms with E-state index in [2.05, 4.69) is 0 Å². The summed E-state index contributed by atoms with van der Waals surface area (Å²) in [6.45, 7) is 3.19. The van der Waals surface area contributed by atoms with Gasteiger partial charge in [0.2, 0.25) is 5.76 Å². The normalized spacial score (nSPS) is 15.2. The molecule has 1 aliphatic rings. The summed E-state index contributed by atoms with van der Waals surface area (Å²) in [6, 6.07) is 13.2. The Labute approximate surface area is 184 Å². The number of hydrogen-bond donors (Lipinski definition) is 1. The number of carbonyl (C=O) groups excluding carboxylic acids is 2. The van der Waals surface area contributed by atoms with E-state index in [1.54, 1.807) is 53.4 Å². The summed E-state index contributed by atoms with van der Waals surface area (Å²) in [5, 5.41) is 0.432. The predicted molar refractivity (Wildman–Crippen MR) is 118 cm³/mol. The van der Waals surface area contributed by atoms with Crippen LogP contribution in [0.2, 0.25) is 0 Å². The lowest BCUT2D eigenvalue weighted by molar-refractivity contribution is -0.119. The summed E-state index contributed by atoms with van der Waals surface area (Å²) in [5.74, 6) is -0.359. The largest absolute Gasteiger partial charge is 0.484 e. The molecule has 2 N–H and O–H groups in total. The van der Waals surface area contributed by atoms with Crippen LogP contribution in [0, 0.1) is 0 Å². The van der Waals surface area contributed by atoms with Crippen LogP contribution in [0.1, 0.15) is 41.1 Å². The molecule has 0 spiro atoms. The molecule has 1 atom stereocenters. The maximum Gasteiger partial charge on any atom is 0.290 e. The summed E-state index contributed by atoms with van der Waals surface area (Å²) in [6.07, 6.45) is 0.623. The minimum absolute atomic E-state index is 0.0733. The highest BCUT2D eigenvalue weighted by Crippen LogP contribution is 2.38. The molecule has 0 bridgehead atoms. The first kappa shape index (κ1) is 21.6. The number of benzene rings is 2. The predicted octanol–water partition coefficient (Wildman–Crippen LogP) is 2.63. The van der Waals surface area contributed by atoms with Gasteiger partial charge >= 0.3 is 0 Å². The van der Waals surface area contributed by atoms with Crippen LogP contribution >= 0.6 is 0 Å². The first-order valence-electron chi connectivity index (χ1n) is 10.5. The number of ether oxygens (including phenoxy) is 2. The number of primary amides is 1. The summed E-state index contributed by atoms with van der Waals surface area (Å²) in [5.41, 5.74) is 6.35. The lowest BCUT2D eigenvalue weighted by Gasteiger charge is -2.25. The highest BCUT2D eigenvalue weighted by molar-refractivity contribution is 5.99. The van der Waals surface area contributed by atoms with Crippen LogP contribution in [0.4, 0.5) is 0 Å². The number of carbonyl (C=O) groups is 2. The van der Waals surface area contributed by atoms with E-state index in [1.807, 2.05) is 6.92 Å². The summed E-state index contributed by atoms with van der Waals surface area (Å²) in [7, 11) is 0. The van der Waals surface area contributed by atoms with E-state index >= 15 is 0 Å². The van der Waals surface area contributed by atoms with Gasteiger partial charge in [0, 0.05) is 19.8 Å². The Morgan fingerprint density at radius 2 is 1.88 bits per heavy atom. The molecule has 166 valence electrons. The van der Waals surface area contributed by atoms with Crippen molar-refractivity contribution >= 4 is 22.8 Å². The van der Waals surface area contributed by atoms with Crippen molar-refractivity contribution in [2.24, 2.45) is 5.73 Å². The van der Waals surface area contributed by atoms with Gasteiger partial charge in [-0.05, 0) is 43.2 Å². The quantitative estimate of drug-likeness (QED) is 0.516. The Balaban J connectivity index is 1.75. The van der Waals surface area contributed by atoms with E-state index in [4.69, 9.17) is 19.6 Å². The lowest BCUT2D eigenvalue weighted by atomic mass is 9.98. The monoisotopic (exact) mass is 436 g/mol. The van der Waals surface area contributed by atoms with Crippen LogP contribution in [0.3, 0.4) is 0 Å². The van der Waals surface area contributed by atoms with Crippen molar-refractivity contribution in [1.82, 2.24) is 4.90 Å². The zero-order chi connectivity index (χ0) is 22.7. The maximum absolute atomic E-state index is 13.4. The van der Waals surface area contributed by atoms with Gasteiger partial charge in [0.25, 0.3) is 11.8 Å². The molecule has 2 aromatic carbocycles. The van der Waals surface area contributed by atoms with Crippen molar-refractivity contribution in [2.45, 2.75) is 19.4 Å². The van der Waals surface area contributed by atoms with Crippen molar-refractivity contribution in [2.75, 3.05) is 26.4 Å². The van der Waals surface area contributed by atoms with E-state index < -0.39 is 11.9 Å². The molecule has 32 heavy (non-hydrogen) atoms. The average Bonchev–Trinajstić information content (AvgIpc) is 3.08. The Kier molecular flexibility index (Phi) is 6.23. The van der Waals surface area contributed by atoms with E-state index in [1.165, 1.54) is 0 Å². The highest BCUT2D eigenvalue weighted by Gasteiger charge is 2.42. The average molecular weight is 436 g/mol. The van der Waals surface area contributed by atoms with Crippen LogP contribution in [0.15, 0.2) is 57.7 Å². The fraction of sp³-hybridized carbons (Fsp3) is 0.292. The number of nitrogens with two attached hydrogens (primary N) is 1. The van der Waals surface area contributed by atoms with Crippen LogP contribution in [0.5, 0.6) is 5.75 Å². The van der Waals surface area contributed by atoms with E-state index in [-0.39, 0.29) is 23.7 Å². The second-order valence-electron chi connectivity index (χ2n) is 7.45. The van der Waals surface area contributed by atoms with E-state index in [0.29, 0.717) is 48.5 Å². The summed E-state index contributed by atoms with van der Waals surface area (Å²) < 4.78 is 16.6. The zero-order valence-corrected chi connectivity index (χ0v) is 17.7. The van der Waals surface area contributed by atoms with Gasteiger partial charge in [-0.3, -0.25) is 14.4 Å². The Bertz CT molecular complexity index is 1200. The van der Waals surface area contributed by atoms with Gasteiger partial charge in [-0.25, -0.2) is 0 Å². The van der Waals surface area contributed by atoms with Gasteiger partial charge < -0.3 is 24.5 Å². The molecule has 0 aliphatic carbocycles. The van der Waals surface area contributed by atoms with Gasteiger partial charge in [-0.1, -0.05) is 24.3 Å². The number of fused-ring (bicyclic) bond motifs is 2. The van der Waals surface area contributed by atoms with Crippen LogP contribution in [-0.4, -0.2) is 43.1 Å². The smallest absolute Gasteiger partial charge is 0.290 e. The van der Waals surface area contributed by atoms with Crippen LogP contribution < -0.4 is 15.9 Å². The number of hydrogen-bond acceptors (Lipinski definition) is 6. The molecule has 0 fully saturated rings. The van der Waals surface area contributed by atoms with E-state index in [9.17, 15) is 14.4 Å². The lowest BCUT2D eigenvalue weighted by Crippen LogP contribution is -2.31. The fourth-order valence-electron chi connectivity index (χ4n) is 3.93. The molecule has 1 unspecified atom stereocenters. The molecule has 0 radical (unpaired) electrons. The first-order valence-corrected chi connectivity index (χ1v) is 10.5. The zero-order valence-electron chi connectivity index (χ0n) is 17.7. The molecular weight excluding hydrogens is 412 g/mol. The molecule has 0 saturated heterocycles. The molecular formula is C24H24N2O6.